The van der Waals surface area contributed by atoms with Crippen molar-refractivity contribution in [1.82, 2.24) is 0 Å². The molecule has 4 nitrogen and oxygen atoms in total. The average Bonchev–Trinajstić information content (AvgIpc) is 2.59. The fraction of sp³-hybridized carbons (Fsp3) is 0. The van der Waals surface area contributed by atoms with E-state index in [4.69, 9.17) is 0 Å². The van der Waals surface area contributed by atoms with E-state index >= 15 is 0 Å². The number of aromatic hydroxyl groups is 2. The van der Waals surface area contributed by atoms with E-state index in [1.54, 1.807) is 17.3 Å². The predicted molar refractivity (Wildman–Crippen MR) is 92.4 cm³/mol. The highest BCUT2D eigenvalue weighted by molar-refractivity contribution is 5.85. The summed E-state index contributed by atoms with van der Waals surface area (Å²) in [6, 6.07) is 23.9. The Morgan fingerprint density at radius 3 is 1.83 bits per heavy atom. The minimum Gasteiger partial charge on any atom is -0.508 e. The van der Waals surface area contributed by atoms with Gasteiger partial charge < -0.3 is 10.2 Å². The van der Waals surface area contributed by atoms with Crippen molar-refractivity contribution >= 4 is 17.6 Å². The molecule has 114 valence electrons. The molecule has 4 heteroatoms. The summed E-state index contributed by atoms with van der Waals surface area (Å²) in [4.78, 5) is 0. The lowest BCUT2D eigenvalue weighted by Crippen LogP contribution is -2.09. The van der Waals surface area contributed by atoms with Crippen LogP contribution in [0.4, 0.5) is 11.4 Å². The summed E-state index contributed by atoms with van der Waals surface area (Å²) in [6.45, 7) is 0. The molecule has 0 spiro atoms. The lowest BCUT2D eigenvalue weighted by atomic mass is 10.2. The quantitative estimate of drug-likeness (QED) is 0.559. The number of hydrogen-bond acceptors (Lipinski definition) is 4. The Labute approximate surface area is 134 Å². The average molecular weight is 304 g/mol. The summed E-state index contributed by atoms with van der Waals surface area (Å²) < 4.78 is 0. The smallest absolute Gasteiger partial charge is 0.128 e. The zero-order valence-electron chi connectivity index (χ0n) is 12.4. The fourth-order valence-corrected chi connectivity index (χ4v) is 2.18. The summed E-state index contributed by atoms with van der Waals surface area (Å²) in [5, 5.41) is 25.5. The molecule has 0 aliphatic heterocycles. The molecule has 0 amide bonds. The second-order valence-corrected chi connectivity index (χ2v) is 4.97. The first-order valence-electron chi connectivity index (χ1n) is 7.20. The van der Waals surface area contributed by atoms with Crippen LogP contribution in [-0.4, -0.2) is 16.4 Å². The Morgan fingerprint density at radius 2 is 1.30 bits per heavy atom. The van der Waals surface area contributed by atoms with Crippen LogP contribution in [0.1, 0.15) is 5.56 Å². The number of hydrazone groups is 1. The lowest BCUT2D eigenvalue weighted by molar-refractivity contribution is 0.450. The topological polar surface area (TPSA) is 56.1 Å². The highest BCUT2D eigenvalue weighted by atomic mass is 16.3. The maximum Gasteiger partial charge on any atom is 0.128 e. The van der Waals surface area contributed by atoms with Gasteiger partial charge >= 0.3 is 0 Å². The summed E-state index contributed by atoms with van der Waals surface area (Å²) >= 11 is 0. The van der Waals surface area contributed by atoms with Gasteiger partial charge in [-0.05, 0) is 36.4 Å². The number of anilines is 2. The first kappa shape index (κ1) is 14.7. The monoisotopic (exact) mass is 304 g/mol. The second kappa shape index (κ2) is 6.66. The molecule has 3 aromatic rings. The van der Waals surface area contributed by atoms with Gasteiger partial charge in [0.05, 0.1) is 17.6 Å². The molecule has 0 aromatic heterocycles. The molecular weight excluding hydrogens is 288 g/mol. The molecule has 23 heavy (non-hydrogen) atoms. The number of nitrogens with zero attached hydrogens (tertiary/aromatic N) is 2. The van der Waals surface area contributed by atoms with Gasteiger partial charge in [-0.15, -0.1) is 0 Å². The van der Waals surface area contributed by atoms with E-state index in [0.717, 1.165) is 11.4 Å². The number of rotatable bonds is 4. The van der Waals surface area contributed by atoms with E-state index in [2.05, 4.69) is 5.10 Å². The fourth-order valence-electron chi connectivity index (χ4n) is 2.18. The van der Waals surface area contributed by atoms with Crippen LogP contribution in [0.3, 0.4) is 0 Å². The molecule has 0 bridgehead atoms. The SMILES string of the molecule is Oc1ccc(/C=N/N(c2ccccc2)c2ccccc2)c(O)c1. The molecule has 0 atom stereocenters. The Bertz CT molecular complexity index is 763. The maximum absolute atomic E-state index is 9.88. The van der Waals surface area contributed by atoms with E-state index < -0.39 is 0 Å². The molecule has 3 aromatic carbocycles. The Balaban J connectivity index is 1.98. The van der Waals surface area contributed by atoms with Gasteiger partial charge in [0, 0.05) is 11.6 Å². The zero-order valence-corrected chi connectivity index (χ0v) is 12.4. The molecule has 0 unspecified atom stereocenters. The van der Waals surface area contributed by atoms with E-state index in [1.807, 2.05) is 60.7 Å². The number of benzene rings is 3. The maximum atomic E-state index is 9.88. The molecule has 3 rings (SSSR count). The van der Waals surface area contributed by atoms with Crippen molar-refractivity contribution in [3.63, 3.8) is 0 Å². The van der Waals surface area contributed by atoms with Crippen LogP contribution in [0.5, 0.6) is 11.5 Å². The van der Waals surface area contributed by atoms with Gasteiger partial charge in [0.2, 0.25) is 0 Å². The highest BCUT2D eigenvalue weighted by Crippen LogP contribution is 2.26. The minimum absolute atomic E-state index is 0.0163. The summed E-state index contributed by atoms with van der Waals surface area (Å²) in [5.74, 6) is -0.00236. The first-order valence-corrected chi connectivity index (χ1v) is 7.20. The summed E-state index contributed by atoms with van der Waals surface area (Å²) in [6.07, 6.45) is 1.56. The van der Waals surface area contributed by atoms with Gasteiger partial charge in [-0.3, -0.25) is 0 Å². The van der Waals surface area contributed by atoms with Gasteiger partial charge in [-0.25, -0.2) is 5.01 Å². The van der Waals surface area contributed by atoms with E-state index in [-0.39, 0.29) is 11.5 Å². The predicted octanol–water partition coefficient (Wildman–Crippen LogP) is 4.27. The Morgan fingerprint density at radius 1 is 0.739 bits per heavy atom. The third kappa shape index (κ3) is 3.49. The lowest BCUT2D eigenvalue weighted by Gasteiger charge is -2.19. The van der Waals surface area contributed by atoms with Gasteiger partial charge in [-0.2, -0.15) is 5.10 Å². The standard InChI is InChI=1S/C19H16N2O2/c22-18-12-11-15(19(23)13-18)14-20-21(16-7-3-1-4-8-16)17-9-5-2-6-10-17/h1-14,22-23H/b20-14+. The zero-order chi connectivity index (χ0) is 16.1. The Hall–Kier alpha value is -3.27. The van der Waals surface area contributed by atoms with Gasteiger partial charge in [-0.1, -0.05) is 36.4 Å². The molecule has 0 aliphatic carbocycles. The number of para-hydroxylation sites is 2. The third-order valence-electron chi connectivity index (χ3n) is 3.33. The minimum atomic E-state index is -0.0187. The first-order chi connectivity index (χ1) is 11.2. The Kier molecular flexibility index (Phi) is 4.25. The van der Waals surface area contributed by atoms with Gasteiger partial charge in [0.15, 0.2) is 0 Å². The van der Waals surface area contributed by atoms with E-state index in [0.29, 0.717) is 5.56 Å². The van der Waals surface area contributed by atoms with Gasteiger partial charge in [0.1, 0.15) is 11.5 Å². The van der Waals surface area contributed by atoms with Crippen LogP contribution in [0.2, 0.25) is 0 Å². The van der Waals surface area contributed by atoms with E-state index in [1.165, 1.54) is 12.1 Å². The van der Waals surface area contributed by atoms with Crippen LogP contribution in [-0.2, 0) is 0 Å². The molecule has 2 N–H and O–H groups in total. The van der Waals surface area contributed by atoms with Crippen molar-refractivity contribution in [3.05, 3.63) is 84.4 Å². The van der Waals surface area contributed by atoms with Crippen LogP contribution in [0.25, 0.3) is 0 Å². The van der Waals surface area contributed by atoms with Gasteiger partial charge in [0.25, 0.3) is 0 Å². The summed E-state index contributed by atoms with van der Waals surface area (Å²) in [7, 11) is 0. The van der Waals surface area contributed by atoms with Crippen molar-refractivity contribution in [1.29, 1.82) is 0 Å². The molecule has 0 saturated carbocycles. The number of hydrogen-bond donors (Lipinski definition) is 2. The number of phenols is 2. The van der Waals surface area contributed by atoms with Crippen LogP contribution >= 0.6 is 0 Å². The largest absolute Gasteiger partial charge is 0.508 e. The second-order valence-electron chi connectivity index (χ2n) is 4.97. The molecular formula is C19H16N2O2. The van der Waals surface area contributed by atoms with Crippen LogP contribution in [0, 0.1) is 0 Å². The molecule has 0 aliphatic rings. The summed E-state index contributed by atoms with van der Waals surface area (Å²) in [5.41, 5.74) is 2.35. The van der Waals surface area contributed by atoms with Crippen molar-refractivity contribution in [2.75, 3.05) is 5.01 Å². The molecule has 0 heterocycles. The molecule has 0 radical (unpaired) electrons. The van der Waals surface area contributed by atoms with Crippen LogP contribution < -0.4 is 5.01 Å². The third-order valence-corrected chi connectivity index (χ3v) is 3.33. The van der Waals surface area contributed by atoms with Crippen molar-refractivity contribution in [3.8, 4) is 11.5 Å². The van der Waals surface area contributed by atoms with Crippen molar-refractivity contribution in [2.45, 2.75) is 0 Å². The molecule has 0 saturated heterocycles. The normalized spacial score (nSPS) is 10.8. The molecule has 0 fully saturated rings. The highest BCUT2D eigenvalue weighted by Gasteiger charge is 2.07. The van der Waals surface area contributed by atoms with Crippen molar-refractivity contribution in [2.24, 2.45) is 5.10 Å². The van der Waals surface area contributed by atoms with E-state index in [9.17, 15) is 10.2 Å². The number of phenolic OH excluding ortho intramolecular Hbond substituents is 2. The van der Waals surface area contributed by atoms with Crippen LogP contribution in [0.15, 0.2) is 84.0 Å². The van der Waals surface area contributed by atoms with Crippen molar-refractivity contribution < 1.29 is 10.2 Å².